The normalized spacial score (nSPS) is 18.2. The smallest absolute Gasteiger partial charge is 0.241 e. The highest BCUT2D eigenvalue weighted by atomic mass is 16.4. The number of nitrogens with two attached hydrogens (primary N) is 1. The van der Waals surface area contributed by atoms with E-state index in [9.17, 15) is 9.59 Å². The molecule has 0 unspecified atom stereocenters. The minimum absolute atomic E-state index is 0.00765. The van der Waals surface area contributed by atoms with Crippen LogP contribution in [-0.4, -0.2) is 60.3 Å². The van der Waals surface area contributed by atoms with E-state index in [1.54, 1.807) is 21.1 Å². The Bertz CT molecular complexity index is 386. The molecule has 1 aliphatic carbocycles. The Morgan fingerprint density at radius 2 is 1.79 bits per heavy atom. The summed E-state index contributed by atoms with van der Waals surface area (Å²) in [6.45, 7) is -0.00765. The topological polar surface area (TPSA) is 99.2 Å². The third-order valence-corrected chi connectivity index (χ3v) is 3.68. The maximum Gasteiger partial charge on any atom is 0.241 e. The van der Waals surface area contributed by atoms with E-state index < -0.39 is 5.41 Å². The van der Waals surface area contributed by atoms with E-state index in [1.807, 2.05) is 0 Å². The number of rotatable bonds is 4. The SMILES string of the molecule is CN(C)C(=O)CN(C)C(=O)C1(C(N)=NO)CCCC1. The van der Waals surface area contributed by atoms with Crippen molar-refractivity contribution in [3.05, 3.63) is 0 Å². The maximum absolute atomic E-state index is 12.5. The Balaban J connectivity index is 2.87. The first-order valence-corrected chi connectivity index (χ1v) is 6.29. The molecule has 0 spiro atoms. The Hall–Kier alpha value is -1.79. The molecular weight excluding hydrogens is 248 g/mol. The molecule has 0 atom stereocenters. The molecule has 1 aliphatic rings. The van der Waals surface area contributed by atoms with Gasteiger partial charge in [0.2, 0.25) is 11.8 Å². The molecule has 108 valence electrons. The van der Waals surface area contributed by atoms with Gasteiger partial charge in [0.25, 0.3) is 0 Å². The molecule has 1 rings (SSSR count). The molecule has 7 nitrogen and oxygen atoms in total. The zero-order chi connectivity index (χ0) is 14.6. The summed E-state index contributed by atoms with van der Waals surface area (Å²) in [7, 11) is 4.83. The maximum atomic E-state index is 12.5. The Labute approximate surface area is 113 Å². The fourth-order valence-corrected chi connectivity index (χ4v) is 2.44. The van der Waals surface area contributed by atoms with Crippen LogP contribution in [0.5, 0.6) is 0 Å². The molecule has 19 heavy (non-hydrogen) atoms. The summed E-state index contributed by atoms with van der Waals surface area (Å²) in [5.41, 5.74) is 4.75. The zero-order valence-electron chi connectivity index (χ0n) is 11.7. The van der Waals surface area contributed by atoms with Crippen molar-refractivity contribution in [2.45, 2.75) is 25.7 Å². The molecule has 1 fully saturated rings. The van der Waals surface area contributed by atoms with E-state index >= 15 is 0 Å². The van der Waals surface area contributed by atoms with Gasteiger partial charge >= 0.3 is 0 Å². The highest BCUT2D eigenvalue weighted by Crippen LogP contribution is 2.39. The fraction of sp³-hybridized carbons (Fsp3) is 0.750. The molecule has 0 aromatic rings. The van der Waals surface area contributed by atoms with Gasteiger partial charge in [0, 0.05) is 21.1 Å². The Kier molecular flexibility index (Phi) is 4.74. The number of amides is 2. The van der Waals surface area contributed by atoms with Crippen molar-refractivity contribution < 1.29 is 14.8 Å². The summed E-state index contributed by atoms with van der Waals surface area (Å²) in [5.74, 6) is -0.474. The van der Waals surface area contributed by atoms with E-state index in [-0.39, 0.29) is 24.2 Å². The highest BCUT2D eigenvalue weighted by molar-refractivity contribution is 6.07. The van der Waals surface area contributed by atoms with E-state index in [1.165, 1.54) is 9.80 Å². The number of nitrogens with zero attached hydrogens (tertiary/aromatic N) is 3. The number of likely N-dealkylation sites (N-methyl/N-ethyl adjacent to an activating group) is 2. The van der Waals surface area contributed by atoms with Crippen molar-refractivity contribution in [2.24, 2.45) is 16.3 Å². The van der Waals surface area contributed by atoms with Crippen LogP contribution in [0.1, 0.15) is 25.7 Å². The summed E-state index contributed by atoms with van der Waals surface area (Å²) in [4.78, 5) is 26.9. The van der Waals surface area contributed by atoms with Crippen molar-refractivity contribution in [2.75, 3.05) is 27.7 Å². The summed E-state index contributed by atoms with van der Waals surface area (Å²) >= 11 is 0. The van der Waals surface area contributed by atoms with E-state index in [0.717, 1.165) is 12.8 Å². The summed E-state index contributed by atoms with van der Waals surface area (Å²) in [5, 5.41) is 11.9. The van der Waals surface area contributed by atoms with Gasteiger partial charge in [-0.05, 0) is 12.8 Å². The lowest BCUT2D eigenvalue weighted by molar-refractivity contribution is -0.142. The fourth-order valence-electron chi connectivity index (χ4n) is 2.44. The molecular formula is C12H22N4O3. The lowest BCUT2D eigenvalue weighted by atomic mass is 9.83. The van der Waals surface area contributed by atoms with Gasteiger partial charge in [0.05, 0.1) is 6.54 Å². The number of hydrogen-bond acceptors (Lipinski definition) is 4. The van der Waals surface area contributed by atoms with Crippen LogP contribution in [0.3, 0.4) is 0 Å². The van der Waals surface area contributed by atoms with Gasteiger partial charge < -0.3 is 20.7 Å². The Morgan fingerprint density at radius 1 is 1.26 bits per heavy atom. The minimum Gasteiger partial charge on any atom is -0.409 e. The van der Waals surface area contributed by atoms with E-state index in [2.05, 4.69) is 5.16 Å². The average molecular weight is 270 g/mol. The second-order valence-electron chi connectivity index (χ2n) is 5.22. The number of carbonyl (C=O) groups excluding carboxylic acids is 2. The van der Waals surface area contributed by atoms with Crippen molar-refractivity contribution in [1.82, 2.24) is 9.80 Å². The summed E-state index contributed by atoms with van der Waals surface area (Å²) in [6, 6.07) is 0. The van der Waals surface area contributed by atoms with Crippen LogP contribution in [0.25, 0.3) is 0 Å². The van der Waals surface area contributed by atoms with Gasteiger partial charge in [0.15, 0.2) is 5.84 Å². The van der Waals surface area contributed by atoms with E-state index in [0.29, 0.717) is 12.8 Å². The van der Waals surface area contributed by atoms with Crippen molar-refractivity contribution in [1.29, 1.82) is 0 Å². The number of carbonyl (C=O) groups is 2. The second kappa shape index (κ2) is 5.90. The van der Waals surface area contributed by atoms with Crippen LogP contribution in [0.15, 0.2) is 5.16 Å². The molecule has 0 aromatic heterocycles. The lowest BCUT2D eigenvalue weighted by Crippen LogP contribution is -2.50. The van der Waals surface area contributed by atoms with Gasteiger partial charge in [-0.2, -0.15) is 0 Å². The van der Waals surface area contributed by atoms with Gasteiger partial charge in [-0.3, -0.25) is 9.59 Å². The highest BCUT2D eigenvalue weighted by Gasteiger charge is 2.47. The molecule has 3 N–H and O–H groups in total. The third-order valence-electron chi connectivity index (χ3n) is 3.68. The molecule has 1 saturated carbocycles. The van der Waals surface area contributed by atoms with Crippen LogP contribution < -0.4 is 5.73 Å². The first kappa shape index (κ1) is 15.3. The van der Waals surface area contributed by atoms with Crippen molar-refractivity contribution in [3.63, 3.8) is 0 Å². The molecule has 7 heteroatoms. The van der Waals surface area contributed by atoms with Gasteiger partial charge in [0.1, 0.15) is 5.41 Å². The molecule has 0 saturated heterocycles. The van der Waals surface area contributed by atoms with Gasteiger partial charge in [-0.1, -0.05) is 18.0 Å². The predicted molar refractivity (Wildman–Crippen MR) is 70.6 cm³/mol. The molecule has 2 amide bonds. The Morgan fingerprint density at radius 3 is 2.21 bits per heavy atom. The van der Waals surface area contributed by atoms with Gasteiger partial charge in [-0.25, -0.2) is 0 Å². The summed E-state index contributed by atoms with van der Waals surface area (Å²) < 4.78 is 0. The van der Waals surface area contributed by atoms with Crippen molar-refractivity contribution >= 4 is 17.6 Å². The van der Waals surface area contributed by atoms with Crippen LogP contribution in [0.4, 0.5) is 0 Å². The largest absolute Gasteiger partial charge is 0.409 e. The minimum atomic E-state index is -0.948. The zero-order valence-corrected chi connectivity index (χ0v) is 11.7. The van der Waals surface area contributed by atoms with Crippen molar-refractivity contribution in [3.8, 4) is 0 Å². The van der Waals surface area contributed by atoms with Crippen LogP contribution in [0.2, 0.25) is 0 Å². The molecule has 0 bridgehead atoms. The number of oxime groups is 1. The van der Waals surface area contributed by atoms with Gasteiger partial charge in [-0.15, -0.1) is 0 Å². The predicted octanol–water partition coefficient (Wildman–Crippen LogP) is -0.160. The number of amidine groups is 1. The molecule has 0 heterocycles. The molecule has 0 radical (unpaired) electrons. The third kappa shape index (κ3) is 2.97. The molecule has 0 aliphatic heterocycles. The molecule has 0 aromatic carbocycles. The average Bonchev–Trinajstić information content (AvgIpc) is 2.87. The second-order valence-corrected chi connectivity index (χ2v) is 5.22. The summed E-state index contributed by atoms with van der Waals surface area (Å²) in [6.07, 6.45) is 2.83. The first-order chi connectivity index (χ1) is 8.85. The van der Waals surface area contributed by atoms with Crippen LogP contribution in [0, 0.1) is 5.41 Å². The van der Waals surface area contributed by atoms with Crippen LogP contribution in [-0.2, 0) is 9.59 Å². The standard InChI is InChI=1S/C12H22N4O3/c1-15(2)9(17)8-16(3)11(18)12(10(13)14-19)6-4-5-7-12/h19H,4-8H2,1-3H3,(H2,13,14). The number of hydrogen-bond donors (Lipinski definition) is 2. The quantitative estimate of drug-likeness (QED) is 0.321. The monoisotopic (exact) mass is 270 g/mol. The van der Waals surface area contributed by atoms with E-state index in [4.69, 9.17) is 10.9 Å². The van der Waals surface area contributed by atoms with Crippen LogP contribution >= 0.6 is 0 Å². The lowest BCUT2D eigenvalue weighted by Gasteiger charge is -2.31. The first-order valence-electron chi connectivity index (χ1n) is 6.29.